The Morgan fingerprint density at radius 1 is 1.15 bits per heavy atom. The van der Waals surface area contributed by atoms with Gasteiger partial charge < -0.3 is 44.1 Å². The SMILES string of the molecule is NC(N)=NCCC[C@@H](N)C(=O)NCC(=O)N[C@H](C=O)C1CC1CN=C(N)N. The molecule has 0 radical (unpaired) electrons. The number of rotatable bonds is 12. The summed E-state index contributed by atoms with van der Waals surface area (Å²) < 4.78 is 0. The Balaban J connectivity index is 2.28. The van der Waals surface area contributed by atoms with Crippen LogP contribution in [0.25, 0.3) is 0 Å². The van der Waals surface area contributed by atoms with Gasteiger partial charge in [-0.25, -0.2) is 0 Å². The van der Waals surface area contributed by atoms with Crippen LogP contribution in [-0.2, 0) is 14.4 Å². The van der Waals surface area contributed by atoms with Crippen molar-refractivity contribution < 1.29 is 14.4 Å². The van der Waals surface area contributed by atoms with Gasteiger partial charge in [-0.3, -0.25) is 19.6 Å². The number of carbonyl (C=O) groups excluding carboxylic acids is 3. The summed E-state index contributed by atoms with van der Waals surface area (Å²) in [4.78, 5) is 42.7. The maximum atomic E-state index is 11.9. The number of guanidine groups is 2. The van der Waals surface area contributed by atoms with Gasteiger partial charge in [0.25, 0.3) is 0 Å². The summed E-state index contributed by atoms with van der Waals surface area (Å²) in [7, 11) is 0. The van der Waals surface area contributed by atoms with Gasteiger partial charge in [0.2, 0.25) is 11.8 Å². The lowest BCUT2D eigenvalue weighted by Crippen LogP contribution is -2.47. The van der Waals surface area contributed by atoms with Crippen LogP contribution in [0.5, 0.6) is 0 Å². The largest absolute Gasteiger partial charge is 0.370 e. The van der Waals surface area contributed by atoms with Crippen molar-refractivity contribution in [2.24, 2.45) is 50.5 Å². The van der Waals surface area contributed by atoms with E-state index in [1.165, 1.54) is 0 Å². The van der Waals surface area contributed by atoms with E-state index in [0.29, 0.717) is 32.2 Å². The van der Waals surface area contributed by atoms with Crippen molar-refractivity contribution in [2.45, 2.75) is 31.3 Å². The molecule has 1 aliphatic carbocycles. The van der Waals surface area contributed by atoms with Crippen molar-refractivity contribution >= 4 is 30.0 Å². The zero-order chi connectivity index (χ0) is 20.4. The molecule has 1 rings (SSSR count). The second-order valence-electron chi connectivity index (χ2n) is 6.43. The number of nitrogens with two attached hydrogens (primary N) is 5. The van der Waals surface area contributed by atoms with Gasteiger partial charge in [-0.1, -0.05) is 0 Å². The minimum Gasteiger partial charge on any atom is -0.370 e. The highest BCUT2D eigenvalue weighted by Crippen LogP contribution is 2.40. The average Bonchev–Trinajstić information content (AvgIpc) is 3.38. The third-order valence-electron chi connectivity index (χ3n) is 4.15. The number of carbonyl (C=O) groups is 3. The van der Waals surface area contributed by atoms with E-state index in [1.807, 2.05) is 0 Å². The fraction of sp³-hybridized carbons (Fsp3) is 0.667. The van der Waals surface area contributed by atoms with E-state index in [2.05, 4.69) is 20.6 Å². The standard InChI is InChI=1S/C15H29N9O3/c16-10(2-1-3-21-14(17)18)13(27)22-6-12(26)24-11(7-25)9-4-8(9)5-23-15(19)20/h7-11H,1-6,16H2,(H,22,27)(H,24,26)(H4,17,18,21)(H4,19,20,23)/t8?,9?,10-,11-/m1/s1. The third kappa shape index (κ3) is 8.85. The van der Waals surface area contributed by atoms with Crippen LogP contribution < -0.4 is 39.3 Å². The highest BCUT2D eigenvalue weighted by atomic mass is 16.2. The van der Waals surface area contributed by atoms with Gasteiger partial charge in [-0.2, -0.15) is 0 Å². The number of hydrogen-bond donors (Lipinski definition) is 7. The Kier molecular flexibility index (Phi) is 8.99. The minimum atomic E-state index is -0.777. The zero-order valence-electron chi connectivity index (χ0n) is 15.1. The predicted molar refractivity (Wildman–Crippen MR) is 101 cm³/mol. The molecule has 12 N–H and O–H groups in total. The monoisotopic (exact) mass is 383 g/mol. The molecular formula is C15H29N9O3. The van der Waals surface area contributed by atoms with Crippen molar-refractivity contribution in [2.75, 3.05) is 19.6 Å². The quantitative estimate of drug-likeness (QED) is 0.0759. The molecular weight excluding hydrogens is 354 g/mol. The molecule has 0 aliphatic heterocycles. The second kappa shape index (κ2) is 11.0. The van der Waals surface area contributed by atoms with Crippen LogP contribution in [0.15, 0.2) is 9.98 Å². The van der Waals surface area contributed by atoms with Crippen LogP contribution in [0.1, 0.15) is 19.3 Å². The van der Waals surface area contributed by atoms with E-state index in [-0.39, 0.29) is 30.3 Å². The van der Waals surface area contributed by atoms with E-state index in [4.69, 9.17) is 28.7 Å². The van der Waals surface area contributed by atoms with Gasteiger partial charge >= 0.3 is 0 Å². The second-order valence-corrected chi connectivity index (χ2v) is 6.43. The number of aliphatic imine (C=N–C) groups is 2. The summed E-state index contributed by atoms with van der Waals surface area (Å²) in [6.07, 6.45) is 2.32. The summed E-state index contributed by atoms with van der Waals surface area (Å²) >= 11 is 0. The molecule has 0 saturated heterocycles. The van der Waals surface area contributed by atoms with E-state index in [0.717, 1.165) is 6.42 Å². The Labute approximate surface area is 157 Å². The first kappa shape index (κ1) is 22.2. The molecule has 2 unspecified atom stereocenters. The summed E-state index contributed by atoms with van der Waals surface area (Å²) in [5, 5.41) is 5.03. The topological polar surface area (TPSA) is 230 Å². The lowest BCUT2D eigenvalue weighted by molar-refractivity contribution is -0.127. The average molecular weight is 383 g/mol. The Morgan fingerprint density at radius 2 is 1.81 bits per heavy atom. The molecule has 152 valence electrons. The molecule has 0 aromatic heterocycles. The van der Waals surface area contributed by atoms with Crippen LogP contribution in [0, 0.1) is 11.8 Å². The van der Waals surface area contributed by atoms with Gasteiger partial charge in [0.1, 0.15) is 6.29 Å². The van der Waals surface area contributed by atoms with Crippen LogP contribution in [-0.4, -0.2) is 61.7 Å². The van der Waals surface area contributed by atoms with Crippen LogP contribution in [0.3, 0.4) is 0 Å². The lowest BCUT2D eigenvalue weighted by Gasteiger charge is -2.14. The molecule has 2 amide bonds. The number of nitrogens with one attached hydrogen (secondary N) is 2. The highest BCUT2D eigenvalue weighted by Gasteiger charge is 2.43. The van der Waals surface area contributed by atoms with Gasteiger partial charge in [-0.15, -0.1) is 0 Å². The van der Waals surface area contributed by atoms with Crippen molar-refractivity contribution in [3.63, 3.8) is 0 Å². The fourth-order valence-corrected chi connectivity index (χ4v) is 2.57. The molecule has 0 heterocycles. The first-order valence-corrected chi connectivity index (χ1v) is 8.63. The molecule has 1 saturated carbocycles. The van der Waals surface area contributed by atoms with E-state index >= 15 is 0 Å². The van der Waals surface area contributed by atoms with E-state index in [9.17, 15) is 14.4 Å². The maximum absolute atomic E-state index is 11.9. The van der Waals surface area contributed by atoms with Crippen molar-refractivity contribution in [1.29, 1.82) is 0 Å². The molecule has 12 heteroatoms. The first-order valence-electron chi connectivity index (χ1n) is 8.63. The molecule has 0 spiro atoms. The van der Waals surface area contributed by atoms with Gasteiger partial charge in [0.15, 0.2) is 11.9 Å². The van der Waals surface area contributed by atoms with Gasteiger partial charge in [0.05, 0.1) is 18.6 Å². The molecule has 12 nitrogen and oxygen atoms in total. The highest BCUT2D eigenvalue weighted by molar-refractivity contribution is 5.88. The summed E-state index contributed by atoms with van der Waals surface area (Å²) in [6.45, 7) is 0.516. The molecule has 0 bridgehead atoms. The maximum Gasteiger partial charge on any atom is 0.239 e. The Hall–Kier alpha value is -2.89. The summed E-state index contributed by atoms with van der Waals surface area (Å²) in [6, 6.07) is -1.41. The van der Waals surface area contributed by atoms with Crippen LogP contribution in [0.2, 0.25) is 0 Å². The molecule has 27 heavy (non-hydrogen) atoms. The number of nitrogens with zero attached hydrogens (tertiary/aromatic N) is 2. The lowest BCUT2D eigenvalue weighted by atomic mass is 10.1. The van der Waals surface area contributed by atoms with Gasteiger partial charge in [0, 0.05) is 13.1 Å². The van der Waals surface area contributed by atoms with Gasteiger partial charge in [-0.05, 0) is 31.1 Å². The normalized spacial score (nSPS) is 19.9. The van der Waals surface area contributed by atoms with Crippen LogP contribution in [0.4, 0.5) is 0 Å². The Morgan fingerprint density at radius 3 is 2.41 bits per heavy atom. The molecule has 0 aromatic carbocycles. The predicted octanol–water partition coefficient (Wildman–Crippen LogP) is -3.92. The summed E-state index contributed by atoms with van der Waals surface area (Å²) in [5.74, 6) is -0.829. The number of amides is 2. The van der Waals surface area contributed by atoms with E-state index < -0.39 is 23.9 Å². The minimum absolute atomic E-state index is 0.00955. The first-order chi connectivity index (χ1) is 12.7. The van der Waals surface area contributed by atoms with Crippen molar-refractivity contribution in [3.05, 3.63) is 0 Å². The Bertz CT molecular complexity index is 585. The fourth-order valence-electron chi connectivity index (χ4n) is 2.57. The molecule has 4 atom stereocenters. The molecule has 1 aliphatic rings. The third-order valence-corrected chi connectivity index (χ3v) is 4.15. The van der Waals surface area contributed by atoms with E-state index in [1.54, 1.807) is 0 Å². The van der Waals surface area contributed by atoms with Crippen molar-refractivity contribution in [3.8, 4) is 0 Å². The molecule has 1 fully saturated rings. The van der Waals surface area contributed by atoms with Crippen molar-refractivity contribution in [1.82, 2.24) is 10.6 Å². The number of hydrogen-bond acceptors (Lipinski definition) is 6. The number of aldehydes is 1. The van der Waals surface area contributed by atoms with Crippen LogP contribution >= 0.6 is 0 Å². The molecule has 0 aromatic rings. The summed E-state index contributed by atoms with van der Waals surface area (Å²) in [5.41, 5.74) is 26.7. The smallest absolute Gasteiger partial charge is 0.239 e. The zero-order valence-corrected chi connectivity index (χ0v) is 15.1.